The highest BCUT2D eigenvalue weighted by Crippen LogP contribution is 2.40. The summed E-state index contributed by atoms with van der Waals surface area (Å²) in [6, 6.07) is 21.7. The number of amides is 1. The maximum atomic E-state index is 13.6. The molecule has 1 fully saturated rings. The van der Waals surface area contributed by atoms with Gasteiger partial charge in [0, 0.05) is 19.5 Å². The lowest BCUT2D eigenvalue weighted by Crippen LogP contribution is -2.52. The van der Waals surface area contributed by atoms with Gasteiger partial charge in [0.2, 0.25) is 5.91 Å². The van der Waals surface area contributed by atoms with Crippen LogP contribution >= 0.6 is 0 Å². The Kier molecular flexibility index (Phi) is 9.02. The van der Waals surface area contributed by atoms with Crippen LogP contribution in [-0.2, 0) is 27.8 Å². The number of nitrogens with zero attached hydrogens (tertiary/aromatic N) is 1. The molecule has 6 nitrogen and oxygen atoms in total. The SMILES string of the molecule is C[C@H]1CN(C[C@H](Cc2ccccc2)C(=O)N[C@H](Cc2ccc(F)cc2)C(=O)O)CC[C@@]1(C)c1cccc(O)c1. The minimum atomic E-state index is -1.13. The number of hydrogen-bond donors (Lipinski definition) is 3. The lowest BCUT2D eigenvalue weighted by Gasteiger charge is -2.45. The highest BCUT2D eigenvalue weighted by molar-refractivity contribution is 5.85. The van der Waals surface area contributed by atoms with E-state index in [2.05, 4.69) is 30.1 Å². The molecule has 0 aliphatic carbocycles. The minimum Gasteiger partial charge on any atom is -0.508 e. The van der Waals surface area contributed by atoms with Crippen LogP contribution < -0.4 is 5.32 Å². The fourth-order valence-corrected chi connectivity index (χ4v) is 5.57. The van der Waals surface area contributed by atoms with Crippen LogP contribution in [0.1, 0.15) is 37.0 Å². The molecule has 0 aromatic heterocycles. The normalized spacial score (nSPS) is 21.2. The molecule has 39 heavy (non-hydrogen) atoms. The smallest absolute Gasteiger partial charge is 0.326 e. The number of benzene rings is 3. The third kappa shape index (κ3) is 7.24. The number of rotatable bonds is 10. The fraction of sp³-hybridized carbons (Fsp3) is 0.375. The van der Waals surface area contributed by atoms with Crippen molar-refractivity contribution in [2.45, 2.75) is 44.6 Å². The molecule has 4 rings (SSSR count). The first kappa shape index (κ1) is 28.3. The van der Waals surface area contributed by atoms with Gasteiger partial charge in [-0.3, -0.25) is 4.79 Å². The molecular weight excluding hydrogens is 495 g/mol. The standard InChI is InChI=1S/C32H37FN2O4/c1-22-20-35(16-15-32(22,2)26-9-6-10-28(36)19-26)21-25(17-23-7-4-3-5-8-23)30(37)34-29(31(38)39)18-24-11-13-27(33)14-12-24/h3-14,19,22,25,29,36H,15-18,20-21H2,1-2H3,(H,34,37)(H,38,39)/t22-,25-,29+,32+/m0/s1. The number of hydrogen-bond acceptors (Lipinski definition) is 4. The lowest BCUT2D eigenvalue weighted by molar-refractivity contribution is -0.142. The quantitative estimate of drug-likeness (QED) is 0.349. The van der Waals surface area contributed by atoms with Gasteiger partial charge in [-0.05, 0) is 71.7 Å². The van der Waals surface area contributed by atoms with Crippen molar-refractivity contribution < 1.29 is 24.2 Å². The summed E-state index contributed by atoms with van der Waals surface area (Å²) in [5.74, 6) is -1.73. The van der Waals surface area contributed by atoms with Crippen molar-refractivity contribution in [2.75, 3.05) is 19.6 Å². The lowest BCUT2D eigenvalue weighted by atomic mass is 9.68. The maximum Gasteiger partial charge on any atom is 0.326 e. The van der Waals surface area contributed by atoms with Crippen molar-refractivity contribution in [3.63, 3.8) is 0 Å². The molecular formula is C32H37FN2O4. The van der Waals surface area contributed by atoms with E-state index in [0.29, 0.717) is 18.5 Å². The summed E-state index contributed by atoms with van der Waals surface area (Å²) in [6.45, 7) is 6.50. The molecule has 1 amide bonds. The second-order valence-electron chi connectivity index (χ2n) is 11.0. The molecule has 1 aliphatic heterocycles. The molecule has 0 bridgehead atoms. The van der Waals surface area contributed by atoms with E-state index in [1.165, 1.54) is 24.3 Å². The van der Waals surface area contributed by atoms with Crippen molar-refractivity contribution in [1.82, 2.24) is 10.2 Å². The van der Waals surface area contributed by atoms with Gasteiger partial charge in [0.1, 0.15) is 17.6 Å². The van der Waals surface area contributed by atoms with E-state index in [1.54, 1.807) is 6.07 Å². The first-order valence-corrected chi connectivity index (χ1v) is 13.5. The van der Waals surface area contributed by atoms with Crippen molar-refractivity contribution in [3.8, 4) is 5.75 Å². The molecule has 3 aromatic carbocycles. The van der Waals surface area contributed by atoms with Gasteiger partial charge in [0.05, 0.1) is 5.92 Å². The van der Waals surface area contributed by atoms with Gasteiger partial charge < -0.3 is 20.4 Å². The summed E-state index contributed by atoms with van der Waals surface area (Å²) >= 11 is 0. The number of aromatic hydroxyl groups is 1. The molecule has 7 heteroatoms. The second-order valence-corrected chi connectivity index (χ2v) is 11.0. The zero-order valence-electron chi connectivity index (χ0n) is 22.5. The molecule has 4 atom stereocenters. The summed E-state index contributed by atoms with van der Waals surface area (Å²) in [5, 5.41) is 22.6. The number of phenolic OH excluding ortho intramolecular Hbond substituents is 1. The van der Waals surface area contributed by atoms with Crippen LogP contribution in [0, 0.1) is 17.7 Å². The van der Waals surface area contributed by atoms with Gasteiger partial charge >= 0.3 is 5.97 Å². The van der Waals surface area contributed by atoms with E-state index >= 15 is 0 Å². The second kappa shape index (κ2) is 12.4. The Morgan fingerprint density at radius 1 is 1.03 bits per heavy atom. The maximum absolute atomic E-state index is 13.6. The summed E-state index contributed by atoms with van der Waals surface area (Å²) in [5.41, 5.74) is 2.66. The molecule has 1 aliphatic rings. The van der Waals surface area contributed by atoms with E-state index in [9.17, 15) is 24.2 Å². The molecule has 3 aromatic rings. The fourth-order valence-electron chi connectivity index (χ4n) is 5.57. The van der Waals surface area contributed by atoms with Gasteiger partial charge in [-0.25, -0.2) is 9.18 Å². The highest BCUT2D eigenvalue weighted by Gasteiger charge is 2.39. The predicted octanol–water partition coefficient (Wildman–Crippen LogP) is 4.80. The van der Waals surface area contributed by atoms with E-state index in [0.717, 1.165) is 30.6 Å². The number of aliphatic carboxylic acids is 1. The number of nitrogens with one attached hydrogen (secondary N) is 1. The zero-order chi connectivity index (χ0) is 28.0. The molecule has 1 heterocycles. The van der Waals surface area contributed by atoms with Gasteiger partial charge in [0.25, 0.3) is 0 Å². The largest absolute Gasteiger partial charge is 0.508 e. The number of carbonyl (C=O) groups is 2. The number of carbonyl (C=O) groups excluding carboxylic acids is 1. The Labute approximate surface area is 229 Å². The van der Waals surface area contributed by atoms with E-state index in [1.807, 2.05) is 42.5 Å². The number of carboxylic acid groups (broad SMARTS) is 1. The van der Waals surface area contributed by atoms with Gasteiger partial charge in [-0.1, -0.05) is 68.4 Å². The number of likely N-dealkylation sites (tertiary alicyclic amines) is 1. The molecule has 0 saturated carbocycles. The van der Waals surface area contributed by atoms with Crippen molar-refractivity contribution in [1.29, 1.82) is 0 Å². The predicted molar refractivity (Wildman–Crippen MR) is 149 cm³/mol. The highest BCUT2D eigenvalue weighted by atomic mass is 19.1. The Hall–Kier alpha value is -3.71. The van der Waals surface area contributed by atoms with Crippen molar-refractivity contribution in [3.05, 3.63) is 101 Å². The Morgan fingerprint density at radius 2 is 1.72 bits per heavy atom. The number of carboxylic acids is 1. The molecule has 0 unspecified atom stereocenters. The molecule has 1 saturated heterocycles. The average Bonchev–Trinajstić information content (AvgIpc) is 2.91. The van der Waals surface area contributed by atoms with Crippen LogP contribution in [0.15, 0.2) is 78.9 Å². The first-order valence-electron chi connectivity index (χ1n) is 13.5. The number of phenols is 1. The van der Waals surface area contributed by atoms with E-state index in [-0.39, 0.29) is 29.4 Å². The Balaban J connectivity index is 1.48. The van der Waals surface area contributed by atoms with E-state index in [4.69, 9.17) is 0 Å². The van der Waals surface area contributed by atoms with Crippen LogP contribution in [0.4, 0.5) is 4.39 Å². The molecule has 3 N–H and O–H groups in total. The Morgan fingerprint density at radius 3 is 2.36 bits per heavy atom. The van der Waals surface area contributed by atoms with Gasteiger partial charge in [0.15, 0.2) is 0 Å². The van der Waals surface area contributed by atoms with E-state index < -0.39 is 23.7 Å². The molecule has 206 valence electrons. The third-order valence-electron chi connectivity index (χ3n) is 8.21. The Bertz CT molecular complexity index is 1270. The monoisotopic (exact) mass is 532 g/mol. The molecule has 0 spiro atoms. The average molecular weight is 533 g/mol. The summed E-state index contributed by atoms with van der Waals surface area (Å²) < 4.78 is 13.3. The van der Waals surface area contributed by atoms with Crippen molar-refractivity contribution >= 4 is 11.9 Å². The van der Waals surface area contributed by atoms with Crippen molar-refractivity contribution in [2.24, 2.45) is 11.8 Å². The number of piperidine rings is 1. The zero-order valence-corrected chi connectivity index (χ0v) is 22.5. The number of halogens is 1. The summed E-state index contributed by atoms with van der Waals surface area (Å²) in [7, 11) is 0. The van der Waals surface area contributed by atoms with Crippen LogP contribution in [0.25, 0.3) is 0 Å². The van der Waals surface area contributed by atoms with Crippen LogP contribution in [0.3, 0.4) is 0 Å². The van der Waals surface area contributed by atoms with Gasteiger partial charge in [-0.15, -0.1) is 0 Å². The minimum absolute atomic E-state index is 0.0719. The van der Waals surface area contributed by atoms with Crippen LogP contribution in [0.5, 0.6) is 5.75 Å². The van der Waals surface area contributed by atoms with Crippen LogP contribution in [-0.4, -0.2) is 52.7 Å². The topological polar surface area (TPSA) is 89.9 Å². The first-order chi connectivity index (χ1) is 18.6. The summed E-state index contributed by atoms with van der Waals surface area (Å²) in [6.07, 6.45) is 1.44. The summed E-state index contributed by atoms with van der Waals surface area (Å²) in [4.78, 5) is 27.9. The molecule has 0 radical (unpaired) electrons. The van der Waals surface area contributed by atoms with Crippen LogP contribution in [0.2, 0.25) is 0 Å². The van der Waals surface area contributed by atoms with Gasteiger partial charge in [-0.2, -0.15) is 0 Å². The third-order valence-corrected chi connectivity index (χ3v) is 8.21.